The van der Waals surface area contributed by atoms with Crippen LogP contribution < -0.4 is 11.2 Å². The van der Waals surface area contributed by atoms with Gasteiger partial charge in [0.2, 0.25) is 0 Å². The average molecular weight is 535 g/mol. The first-order chi connectivity index (χ1) is 17.7. The second-order valence-electron chi connectivity index (χ2n) is 8.52. The molecular formula is C27H20Cl2N4O4. The number of halogens is 2. The molecule has 1 atom stereocenters. The largest absolute Gasteiger partial charge is 0.478 e. The highest BCUT2D eigenvalue weighted by molar-refractivity contribution is 6.33. The number of aromatic nitrogens is 4. The Morgan fingerprint density at radius 1 is 0.946 bits per heavy atom. The fourth-order valence-electron chi connectivity index (χ4n) is 4.33. The summed E-state index contributed by atoms with van der Waals surface area (Å²) in [5, 5.41) is 10.2. The summed E-state index contributed by atoms with van der Waals surface area (Å²) < 4.78 is 4.14. The Hall–Kier alpha value is -4.14. The topological polar surface area (TPSA) is 99.1 Å². The smallest absolute Gasteiger partial charge is 0.335 e. The van der Waals surface area contributed by atoms with Crippen molar-refractivity contribution in [2.75, 3.05) is 0 Å². The molecule has 0 aliphatic carbocycles. The van der Waals surface area contributed by atoms with Crippen molar-refractivity contribution in [2.24, 2.45) is 7.05 Å². The van der Waals surface area contributed by atoms with Gasteiger partial charge < -0.3 is 5.11 Å². The minimum Gasteiger partial charge on any atom is -0.478 e. The van der Waals surface area contributed by atoms with Crippen LogP contribution in [0.3, 0.4) is 0 Å². The van der Waals surface area contributed by atoms with Crippen LogP contribution in [0.15, 0.2) is 82.4 Å². The molecule has 1 N–H and O–H groups in total. The van der Waals surface area contributed by atoms with Gasteiger partial charge in [0.1, 0.15) is 5.82 Å². The molecular weight excluding hydrogens is 515 g/mol. The molecule has 10 heteroatoms. The van der Waals surface area contributed by atoms with Crippen molar-refractivity contribution in [2.45, 2.75) is 13.0 Å². The summed E-state index contributed by atoms with van der Waals surface area (Å²) in [6.07, 6.45) is 0. The van der Waals surface area contributed by atoms with Crippen LogP contribution in [0.25, 0.3) is 28.2 Å². The highest BCUT2D eigenvalue weighted by Gasteiger charge is 2.26. The standard InChI is InChI=1S/C27H20Cl2N4O4/c1-15(16-7-9-17(10-8-16)26(35)36)32-24-22(25(34)31(2)27(32)37)33(19-13-11-18(28)12-14-19)23(30-24)20-5-3-4-6-21(20)29/h3-15H,1-2H3,(H,35,36). The molecule has 0 bridgehead atoms. The molecule has 0 amide bonds. The molecule has 0 spiro atoms. The van der Waals surface area contributed by atoms with Crippen LogP contribution >= 0.6 is 23.2 Å². The summed E-state index contributed by atoms with van der Waals surface area (Å²) in [5.41, 5.74) is 1.28. The zero-order valence-electron chi connectivity index (χ0n) is 19.7. The molecule has 3 aromatic carbocycles. The number of benzene rings is 3. The van der Waals surface area contributed by atoms with E-state index < -0.39 is 23.3 Å². The van der Waals surface area contributed by atoms with Crippen LogP contribution in [0, 0.1) is 0 Å². The summed E-state index contributed by atoms with van der Waals surface area (Å²) >= 11 is 12.7. The van der Waals surface area contributed by atoms with Crippen LogP contribution in [0.1, 0.15) is 28.9 Å². The molecule has 37 heavy (non-hydrogen) atoms. The maximum Gasteiger partial charge on any atom is 0.335 e. The van der Waals surface area contributed by atoms with Crippen molar-refractivity contribution in [1.29, 1.82) is 0 Å². The molecule has 0 aliphatic rings. The molecule has 5 rings (SSSR count). The van der Waals surface area contributed by atoms with E-state index in [-0.39, 0.29) is 16.7 Å². The number of carboxylic acids is 1. The monoisotopic (exact) mass is 534 g/mol. The number of carboxylic acid groups (broad SMARTS) is 1. The number of aromatic carboxylic acids is 1. The van der Waals surface area contributed by atoms with E-state index in [0.29, 0.717) is 32.7 Å². The third-order valence-corrected chi connectivity index (χ3v) is 6.90. The van der Waals surface area contributed by atoms with Crippen LogP contribution in [0.4, 0.5) is 0 Å². The van der Waals surface area contributed by atoms with E-state index in [1.54, 1.807) is 66.1 Å². The molecule has 186 valence electrons. The van der Waals surface area contributed by atoms with Crippen molar-refractivity contribution < 1.29 is 9.90 Å². The van der Waals surface area contributed by atoms with Crippen LogP contribution in [0.2, 0.25) is 10.0 Å². The van der Waals surface area contributed by atoms with E-state index in [1.165, 1.54) is 23.7 Å². The van der Waals surface area contributed by atoms with Gasteiger partial charge in [-0.05, 0) is 61.0 Å². The van der Waals surface area contributed by atoms with E-state index in [1.807, 2.05) is 6.07 Å². The van der Waals surface area contributed by atoms with Gasteiger partial charge in [-0.3, -0.25) is 18.5 Å². The van der Waals surface area contributed by atoms with Gasteiger partial charge in [-0.15, -0.1) is 0 Å². The Labute approximate surface area is 220 Å². The molecule has 0 radical (unpaired) electrons. The zero-order valence-corrected chi connectivity index (χ0v) is 21.2. The van der Waals surface area contributed by atoms with Gasteiger partial charge in [0.15, 0.2) is 11.2 Å². The Kier molecular flexibility index (Phi) is 6.23. The number of fused-ring (bicyclic) bond motifs is 1. The first-order valence-electron chi connectivity index (χ1n) is 11.3. The maximum atomic E-state index is 13.5. The van der Waals surface area contributed by atoms with Gasteiger partial charge >= 0.3 is 11.7 Å². The van der Waals surface area contributed by atoms with Gasteiger partial charge in [0.05, 0.1) is 16.6 Å². The van der Waals surface area contributed by atoms with Crippen LogP contribution in [0.5, 0.6) is 0 Å². The van der Waals surface area contributed by atoms with E-state index >= 15 is 0 Å². The van der Waals surface area contributed by atoms with E-state index in [9.17, 15) is 19.5 Å². The number of rotatable bonds is 5. The fourth-order valence-corrected chi connectivity index (χ4v) is 4.68. The lowest BCUT2D eigenvalue weighted by Gasteiger charge is -2.17. The van der Waals surface area contributed by atoms with Crippen LogP contribution in [-0.4, -0.2) is 29.8 Å². The first-order valence-corrected chi connectivity index (χ1v) is 12.0. The highest BCUT2D eigenvalue weighted by Crippen LogP contribution is 2.33. The van der Waals surface area contributed by atoms with Gasteiger partial charge in [0.25, 0.3) is 5.56 Å². The van der Waals surface area contributed by atoms with Crippen molar-refractivity contribution in [3.8, 4) is 17.1 Å². The summed E-state index contributed by atoms with van der Waals surface area (Å²) in [6, 6.07) is 19.7. The highest BCUT2D eigenvalue weighted by atomic mass is 35.5. The summed E-state index contributed by atoms with van der Waals surface area (Å²) in [5.74, 6) is -0.667. The van der Waals surface area contributed by atoms with E-state index in [4.69, 9.17) is 28.2 Å². The van der Waals surface area contributed by atoms with Gasteiger partial charge in [-0.2, -0.15) is 0 Å². The minimum absolute atomic E-state index is 0.127. The molecule has 5 aromatic rings. The Balaban J connectivity index is 1.87. The summed E-state index contributed by atoms with van der Waals surface area (Å²) in [6.45, 7) is 1.79. The molecule has 1 unspecified atom stereocenters. The summed E-state index contributed by atoms with van der Waals surface area (Å²) in [7, 11) is 1.41. The predicted molar refractivity (Wildman–Crippen MR) is 143 cm³/mol. The third kappa shape index (κ3) is 4.14. The predicted octanol–water partition coefficient (Wildman–Crippen LogP) is 5.17. The fraction of sp³-hybridized carbons (Fsp3) is 0.111. The van der Waals surface area contributed by atoms with E-state index in [2.05, 4.69) is 0 Å². The zero-order chi connectivity index (χ0) is 26.4. The van der Waals surface area contributed by atoms with Crippen LogP contribution in [-0.2, 0) is 7.05 Å². The van der Waals surface area contributed by atoms with Gasteiger partial charge in [-0.1, -0.05) is 47.5 Å². The molecule has 0 fully saturated rings. The van der Waals surface area contributed by atoms with Crippen molar-refractivity contribution in [3.63, 3.8) is 0 Å². The lowest BCUT2D eigenvalue weighted by molar-refractivity contribution is 0.0697. The SMILES string of the molecule is CC(c1ccc(C(=O)O)cc1)n1c(=O)n(C)c(=O)c2c1nc(-c1ccccc1Cl)n2-c1ccc(Cl)cc1. The number of nitrogens with zero attached hydrogens (tertiary/aromatic N) is 4. The summed E-state index contributed by atoms with van der Waals surface area (Å²) in [4.78, 5) is 43.1. The van der Waals surface area contributed by atoms with Crippen molar-refractivity contribution in [1.82, 2.24) is 18.7 Å². The van der Waals surface area contributed by atoms with Gasteiger partial charge in [-0.25, -0.2) is 14.6 Å². The lowest BCUT2D eigenvalue weighted by Crippen LogP contribution is -2.40. The Morgan fingerprint density at radius 2 is 1.59 bits per heavy atom. The molecule has 0 aliphatic heterocycles. The Morgan fingerprint density at radius 3 is 2.22 bits per heavy atom. The number of imidazole rings is 1. The lowest BCUT2D eigenvalue weighted by atomic mass is 10.1. The second-order valence-corrected chi connectivity index (χ2v) is 9.36. The quantitative estimate of drug-likeness (QED) is 0.335. The second kappa shape index (κ2) is 9.38. The van der Waals surface area contributed by atoms with Gasteiger partial charge in [0, 0.05) is 23.3 Å². The Bertz CT molecular complexity index is 1790. The van der Waals surface area contributed by atoms with E-state index in [0.717, 1.165) is 4.57 Å². The van der Waals surface area contributed by atoms with Crippen molar-refractivity contribution >= 4 is 40.3 Å². The molecule has 2 aromatic heterocycles. The van der Waals surface area contributed by atoms with Crippen molar-refractivity contribution in [3.05, 3.63) is 115 Å². The molecule has 0 saturated heterocycles. The molecule has 2 heterocycles. The maximum absolute atomic E-state index is 13.5. The first kappa shape index (κ1) is 24.5. The molecule has 8 nitrogen and oxygen atoms in total. The molecule has 0 saturated carbocycles. The number of hydrogen-bond acceptors (Lipinski definition) is 4. The normalized spacial score (nSPS) is 12.1. The average Bonchev–Trinajstić information content (AvgIpc) is 3.28. The minimum atomic E-state index is -1.05. The number of hydrogen-bond donors (Lipinski definition) is 1. The third-order valence-electron chi connectivity index (χ3n) is 6.31. The number of carbonyl (C=O) groups is 1.